The zero-order valence-electron chi connectivity index (χ0n) is 9.63. The summed E-state index contributed by atoms with van der Waals surface area (Å²) >= 11 is 10.8. The number of thiocarbonyl (C=S) groups is 1. The van der Waals surface area contributed by atoms with Crippen molar-refractivity contribution in [2.24, 2.45) is 5.73 Å². The van der Waals surface area contributed by atoms with Gasteiger partial charge in [0.2, 0.25) is 0 Å². The summed E-state index contributed by atoms with van der Waals surface area (Å²) in [6.45, 7) is 2.41. The van der Waals surface area contributed by atoms with Crippen LogP contribution in [0.3, 0.4) is 0 Å². The minimum atomic E-state index is -0.165. The normalized spacial score (nSPS) is 10.0. The molecular formula is C12H15ClN2OS. The number of carbonyl (C=O) groups excluding carboxylic acids is 1. The number of rotatable bonds is 5. The lowest BCUT2D eigenvalue weighted by atomic mass is 10.1. The van der Waals surface area contributed by atoms with Crippen LogP contribution in [-0.4, -0.2) is 17.4 Å². The fraction of sp³-hybridized carbons (Fsp3) is 0.333. The number of halogens is 1. The molecule has 0 heterocycles. The predicted molar refractivity (Wildman–Crippen MR) is 74.5 cm³/mol. The van der Waals surface area contributed by atoms with Crippen LogP contribution in [0, 0.1) is 6.92 Å². The summed E-state index contributed by atoms with van der Waals surface area (Å²) in [5.74, 6) is -0.165. The maximum absolute atomic E-state index is 11.8. The molecule has 0 saturated carbocycles. The second-order valence-electron chi connectivity index (χ2n) is 3.76. The molecule has 0 aliphatic rings. The molecule has 1 aromatic rings. The molecule has 0 aromatic heterocycles. The van der Waals surface area contributed by atoms with Crippen LogP contribution < -0.4 is 11.1 Å². The van der Waals surface area contributed by atoms with Crippen LogP contribution >= 0.6 is 23.8 Å². The molecule has 0 saturated heterocycles. The molecule has 0 radical (unpaired) electrons. The molecule has 1 amide bonds. The molecule has 0 unspecified atom stereocenters. The van der Waals surface area contributed by atoms with E-state index >= 15 is 0 Å². The average molecular weight is 271 g/mol. The Balaban J connectivity index is 2.53. The van der Waals surface area contributed by atoms with Crippen molar-refractivity contribution in [1.29, 1.82) is 0 Å². The quantitative estimate of drug-likeness (QED) is 0.638. The van der Waals surface area contributed by atoms with Crippen LogP contribution in [0.15, 0.2) is 18.2 Å². The van der Waals surface area contributed by atoms with Gasteiger partial charge in [0.25, 0.3) is 5.91 Å². The Kier molecular flexibility index (Phi) is 5.38. The maximum atomic E-state index is 11.8. The Labute approximate surface area is 111 Å². The van der Waals surface area contributed by atoms with E-state index in [2.05, 4.69) is 5.32 Å². The molecule has 0 spiro atoms. The van der Waals surface area contributed by atoms with E-state index in [4.69, 9.17) is 29.6 Å². The van der Waals surface area contributed by atoms with Crippen molar-refractivity contribution in [1.82, 2.24) is 5.32 Å². The number of nitrogens with one attached hydrogen (secondary N) is 1. The Morgan fingerprint density at radius 1 is 1.53 bits per heavy atom. The maximum Gasteiger partial charge on any atom is 0.252 e. The van der Waals surface area contributed by atoms with E-state index in [9.17, 15) is 4.79 Å². The van der Waals surface area contributed by atoms with Gasteiger partial charge in [-0.1, -0.05) is 36.0 Å². The predicted octanol–water partition coefficient (Wildman–Crippen LogP) is 2.44. The van der Waals surface area contributed by atoms with Crippen molar-refractivity contribution in [3.8, 4) is 0 Å². The summed E-state index contributed by atoms with van der Waals surface area (Å²) in [6.07, 6.45) is 1.38. The third kappa shape index (κ3) is 4.32. The Morgan fingerprint density at radius 2 is 2.24 bits per heavy atom. The van der Waals surface area contributed by atoms with Gasteiger partial charge in [-0.2, -0.15) is 0 Å². The van der Waals surface area contributed by atoms with Crippen molar-refractivity contribution in [2.75, 3.05) is 6.54 Å². The van der Waals surface area contributed by atoms with Crippen molar-refractivity contribution in [2.45, 2.75) is 19.8 Å². The van der Waals surface area contributed by atoms with E-state index in [-0.39, 0.29) is 5.91 Å². The molecule has 0 bridgehead atoms. The van der Waals surface area contributed by atoms with Crippen LogP contribution in [-0.2, 0) is 0 Å². The SMILES string of the molecule is Cc1cccc(C(=O)NCCCC(N)=S)c1Cl. The molecule has 0 aliphatic heterocycles. The molecule has 1 rings (SSSR count). The van der Waals surface area contributed by atoms with E-state index < -0.39 is 0 Å². The summed E-state index contributed by atoms with van der Waals surface area (Å²) in [5.41, 5.74) is 6.76. The fourth-order valence-electron chi connectivity index (χ4n) is 1.38. The van der Waals surface area contributed by atoms with Gasteiger partial charge in [-0.05, 0) is 31.4 Å². The Hall–Kier alpha value is -1.13. The van der Waals surface area contributed by atoms with Crippen LogP contribution in [0.2, 0.25) is 5.02 Å². The Morgan fingerprint density at radius 3 is 2.88 bits per heavy atom. The van der Waals surface area contributed by atoms with E-state index in [1.54, 1.807) is 6.07 Å². The molecule has 3 nitrogen and oxygen atoms in total. The number of hydrogen-bond donors (Lipinski definition) is 2. The first-order valence-electron chi connectivity index (χ1n) is 5.34. The molecule has 92 valence electrons. The number of benzene rings is 1. The van der Waals surface area contributed by atoms with Crippen molar-refractivity contribution < 1.29 is 4.79 Å². The smallest absolute Gasteiger partial charge is 0.252 e. The van der Waals surface area contributed by atoms with Gasteiger partial charge in [-0.25, -0.2) is 0 Å². The van der Waals surface area contributed by atoms with Gasteiger partial charge in [-0.3, -0.25) is 4.79 Å². The molecule has 0 fully saturated rings. The van der Waals surface area contributed by atoms with Crippen molar-refractivity contribution in [3.05, 3.63) is 34.3 Å². The molecule has 3 N–H and O–H groups in total. The van der Waals surface area contributed by atoms with Gasteiger partial charge in [0, 0.05) is 6.54 Å². The number of aryl methyl sites for hydroxylation is 1. The highest BCUT2D eigenvalue weighted by molar-refractivity contribution is 7.80. The topological polar surface area (TPSA) is 55.1 Å². The molecular weight excluding hydrogens is 256 g/mol. The summed E-state index contributed by atoms with van der Waals surface area (Å²) < 4.78 is 0. The minimum Gasteiger partial charge on any atom is -0.393 e. The van der Waals surface area contributed by atoms with Gasteiger partial charge in [-0.15, -0.1) is 0 Å². The monoisotopic (exact) mass is 270 g/mol. The molecule has 0 aliphatic carbocycles. The van der Waals surface area contributed by atoms with Gasteiger partial charge in [0.15, 0.2) is 0 Å². The van der Waals surface area contributed by atoms with E-state index in [1.807, 2.05) is 19.1 Å². The second-order valence-corrected chi connectivity index (χ2v) is 4.66. The summed E-state index contributed by atoms with van der Waals surface area (Å²) in [6, 6.07) is 5.38. The van der Waals surface area contributed by atoms with Gasteiger partial charge in [0.05, 0.1) is 15.6 Å². The van der Waals surface area contributed by atoms with Crippen LogP contribution in [0.1, 0.15) is 28.8 Å². The zero-order chi connectivity index (χ0) is 12.8. The Bertz CT molecular complexity index is 435. The number of carbonyl (C=O) groups is 1. The lowest BCUT2D eigenvalue weighted by Crippen LogP contribution is -2.25. The highest BCUT2D eigenvalue weighted by Crippen LogP contribution is 2.19. The second kappa shape index (κ2) is 6.57. The summed E-state index contributed by atoms with van der Waals surface area (Å²) in [5, 5.41) is 3.28. The first-order valence-corrected chi connectivity index (χ1v) is 6.12. The third-order valence-electron chi connectivity index (χ3n) is 2.32. The van der Waals surface area contributed by atoms with Crippen molar-refractivity contribution >= 4 is 34.7 Å². The largest absolute Gasteiger partial charge is 0.393 e. The van der Waals surface area contributed by atoms with Crippen LogP contribution in [0.25, 0.3) is 0 Å². The summed E-state index contributed by atoms with van der Waals surface area (Å²) in [4.78, 5) is 12.3. The number of amides is 1. The van der Waals surface area contributed by atoms with E-state index in [1.165, 1.54) is 0 Å². The average Bonchev–Trinajstić information content (AvgIpc) is 2.27. The molecule has 0 atom stereocenters. The van der Waals surface area contributed by atoms with Gasteiger partial charge < -0.3 is 11.1 Å². The molecule has 17 heavy (non-hydrogen) atoms. The standard InChI is InChI=1S/C12H15ClN2OS/c1-8-4-2-5-9(11(8)13)12(16)15-7-3-6-10(14)17/h2,4-5H,3,6-7H2,1H3,(H2,14,17)(H,15,16). The summed E-state index contributed by atoms with van der Waals surface area (Å²) in [7, 11) is 0. The van der Waals surface area contributed by atoms with Gasteiger partial charge in [0.1, 0.15) is 0 Å². The van der Waals surface area contributed by atoms with Crippen molar-refractivity contribution in [3.63, 3.8) is 0 Å². The molecule has 1 aromatic carbocycles. The van der Waals surface area contributed by atoms with Crippen LogP contribution in [0.4, 0.5) is 0 Å². The first-order chi connectivity index (χ1) is 8.02. The minimum absolute atomic E-state index is 0.165. The zero-order valence-corrected chi connectivity index (χ0v) is 11.2. The number of hydrogen-bond acceptors (Lipinski definition) is 2. The first kappa shape index (κ1) is 13.9. The fourth-order valence-corrected chi connectivity index (χ4v) is 1.74. The van der Waals surface area contributed by atoms with E-state index in [0.717, 1.165) is 12.0 Å². The van der Waals surface area contributed by atoms with Gasteiger partial charge >= 0.3 is 0 Å². The number of nitrogens with two attached hydrogens (primary N) is 1. The van der Waals surface area contributed by atoms with Crippen LogP contribution in [0.5, 0.6) is 0 Å². The van der Waals surface area contributed by atoms with E-state index in [0.29, 0.717) is 28.5 Å². The highest BCUT2D eigenvalue weighted by atomic mass is 35.5. The third-order valence-corrected chi connectivity index (χ3v) is 3.03. The molecule has 5 heteroatoms. The lowest BCUT2D eigenvalue weighted by Gasteiger charge is -2.07. The lowest BCUT2D eigenvalue weighted by molar-refractivity contribution is 0.0953. The highest BCUT2D eigenvalue weighted by Gasteiger charge is 2.10.